The molecule has 3 unspecified atom stereocenters. The smallest absolute Gasteiger partial charge is 0.161 e. The lowest BCUT2D eigenvalue weighted by Crippen LogP contribution is -2.21. The molecule has 0 bridgehead atoms. The Morgan fingerprint density at radius 3 is 2.55 bits per heavy atom. The average molecular weight is 279 g/mol. The normalized spacial score (nSPS) is 23.6. The van der Waals surface area contributed by atoms with Crippen LogP contribution < -0.4 is 15.2 Å². The maximum absolute atomic E-state index is 6.38. The van der Waals surface area contributed by atoms with Crippen LogP contribution in [-0.4, -0.2) is 25.9 Å². The molecule has 0 aliphatic carbocycles. The number of benzene rings is 1. The van der Waals surface area contributed by atoms with Crippen molar-refractivity contribution < 1.29 is 14.2 Å². The highest BCUT2D eigenvalue weighted by Gasteiger charge is 2.28. The van der Waals surface area contributed by atoms with Gasteiger partial charge in [-0.25, -0.2) is 0 Å². The molecule has 1 saturated heterocycles. The number of hydrogen-bond donors (Lipinski definition) is 1. The Bertz CT molecular complexity index is 436. The Labute approximate surface area is 121 Å². The van der Waals surface area contributed by atoms with E-state index >= 15 is 0 Å². The summed E-state index contributed by atoms with van der Waals surface area (Å²) < 4.78 is 16.8. The minimum absolute atomic E-state index is 0.0187. The third kappa shape index (κ3) is 3.44. The summed E-state index contributed by atoms with van der Waals surface area (Å²) in [5.74, 6) is 1.92. The first-order valence-corrected chi connectivity index (χ1v) is 7.42. The van der Waals surface area contributed by atoms with Crippen molar-refractivity contribution in [3.05, 3.63) is 23.8 Å². The Morgan fingerprint density at radius 2 is 1.95 bits per heavy atom. The quantitative estimate of drug-likeness (QED) is 0.870. The zero-order chi connectivity index (χ0) is 14.5. The first-order valence-electron chi connectivity index (χ1n) is 7.42. The molecule has 0 radical (unpaired) electrons. The summed E-state index contributed by atoms with van der Waals surface area (Å²) in [4.78, 5) is 0. The zero-order valence-corrected chi connectivity index (χ0v) is 12.6. The van der Waals surface area contributed by atoms with E-state index in [0.29, 0.717) is 25.2 Å². The van der Waals surface area contributed by atoms with Crippen molar-refractivity contribution in [2.24, 2.45) is 11.7 Å². The second-order valence-corrected chi connectivity index (χ2v) is 5.24. The van der Waals surface area contributed by atoms with Gasteiger partial charge < -0.3 is 19.9 Å². The number of hydrogen-bond acceptors (Lipinski definition) is 4. The maximum Gasteiger partial charge on any atom is 0.161 e. The van der Waals surface area contributed by atoms with E-state index in [1.165, 1.54) is 0 Å². The molecule has 4 heteroatoms. The Balaban J connectivity index is 2.16. The Kier molecular flexibility index (Phi) is 5.26. The largest absolute Gasteiger partial charge is 0.490 e. The van der Waals surface area contributed by atoms with E-state index in [9.17, 15) is 0 Å². The molecule has 1 aromatic rings. The lowest BCUT2D eigenvalue weighted by atomic mass is 9.91. The minimum Gasteiger partial charge on any atom is -0.490 e. The van der Waals surface area contributed by atoms with E-state index in [1.807, 2.05) is 32.0 Å². The van der Waals surface area contributed by atoms with E-state index in [4.69, 9.17) is 19.9 Å². The van der Waals surface area contributed by atoms with Crippen LogP contribution in [0.2, 0.25) is 0 Å². The molecule has 1 aromatic carbocycles. The molecule has 3 atom stereocenters. The van der Waals surface area contributed by atoms with Crippen LogP contribution in [0.4, 0.5) is 0 Å². The van der Waals surface area contributed by atoms with Gasteiger partial charge in [0.1, 0.15) is 0 Å². The van der Waals surface area contributed by atoms with Crippen molar-refractivity contribution in [3.63, 3.8) is 0 Å². The van der Waals surface area contributed by atoms with Crippen LogP contribution >= 0.6 is 0 Å². The average Bonchev–Trinajstić information content (AvgIpc) is 2.87. The van der Waals surface area contributed by atoms with Crippen LogP contribution in [0.1, 0.15) is 38.8 Å². The van der Waals surface area contributed by atoms with Crippen molar-refractivity contribution in [2.75, 3.05) is 19.8 Å². The summed E-state index contributed by atoms with van der Waals surface area (Å²) in [6.45, 7) is 8.00. The number of rotatable bonds is 6. The Hall–Kier alpha value is -1.26. The van der Waals surface area contributed by atoms with Gasteiger partial charge in [0, 0.05) is 12.0 Å². The highest BCUT2D eigenvalue weighted by atomic mass is 16.5. The standard InChI is InChI=1S/C16H25NO3/c1-4-18-14-7-6-12(9-15(14)19-5-2)16(17)13-8-11(3)20-10-13/h6-7,9,11,13,16H,4-5,8,10,17H2,1-3H3. The predicted molar refractivity (Wildman–Crippen MR) is 79.2 cm³/mol. The van der Waals surface area contributed by atoms with E-state index in [1.54, 1.807) is 0 Å². The zero-order valence-electron chi connectivity index (χ0n) is 12.6. The van der Waals surface area contributed by atoms with Gasteiger partial charge in [-0.2, -0.15) is 0 Å². The van der Waals surface area contributed by atoms with E-state index in [-0.39, 0.29) is 6.04 Å². The molecule has 1 aliphatic heterocycles. The highest BCUT2D eigenvalue weighted by Crippen LogP contribution is 2.35. The van der Waals surface area contributed by atoms with Crippen molar-refractivity contribution in [1.82, 2.24) is 0 Å². The summed E-state index contributed by atoms with van der Waals surface area (Å²) in [6, 6.07) is 5.96. The van der Waals surface area contributed by atoms with E-state index in [2.05, 4.69) is 6.92 Å². The summed E-state index contributed by atoms with van der Waals surface area (Å²) in [7, 11) is 0. The van der Waals surface area contributed by atoms with Gasteiger partial charge in [-0.1, -0.05) is 6.07 Å². The Morgan fingerprint density at radius 1 is 1.25 bits per heavy atom. The van der Waals surface area contributed by atoms with Gasteiger partial charge >= 0.3 is 0 Å². The predicted octanol–water partition coefficient (Wildman–Crippen LogP) is 2.91. The fourth-order valence-corrected chi connectivity index (χ4v) is 2.65. The summed E-state index contributed by atoms with van der Waals surface area (Å²) in [6.07, 6.45) is 1.32. The second-order valence-electron chi connectivity index (χ2n) is 5.24. The minimum atomic E-state index is -0.0187. The van der Waals surface area contributed by atoms with Crippen molar-refractivity contribution in [2.45, 2.75) is 39.3 Å². The van der Waals surface area contributed by atoms with Crippen LogP contribution in [0.3, 0.4) is 0 Å². The molecule has 20 heavy (non-hydrogen) atoms. The third-order valence-electron chi connectivity index (χ3n) is 3.69. The molecule has 4 nitrogen and oxygen atoms in total. The highest BCUT2D eigenvalue weighted by molar-refractivity contribution is 5.44. The van der Waals surface area contributed by atoms with Gasteiger partial charge in [0.2, 0.25) is 0 Å². The van der Waals surface area contributed by atoms with Gasteiger partial charge in [-0.05, 0) is 44.9 Å². The molecule has 2 rings (SSSR count). The van der Waals surface area contributed by atoms with Crippen LogP contribution in [0.5, 0.6) is 11.5 Å². The molecular formula is C16H25NO3. The van der Waals surface area contributed by atoms with Gasteiger partial charge in [0.15, 0.2) is 11.5 Å². The van der Waals surface area contributed by atoms with Crippen LogP contribution in [0.25, 0.3) is 0 Å². The van der Waals surface area contributed by atoms with E-state index in [0.717, 1.165) is 30.1 Å². The van der Waals surface area contributed by atoms with Crippen molar-refractivity contribution in [1.29, 1.82) is 0 Å². The summed E-state index contributed by atoms with van der Waals surface area (Å²) >= 11 is 0. The summed E-state index contributed by atoms with van der Waals surface area (Å²) in [5, 5.41) is 0. The van der Waals surface area contributed by atoms with Crippen LogP contribution in [-0.2, 0) is 4.74 Å². The molecular weight excluding hydrogens is 254 g/mol. The molecule has 0 amide bonds. The molecule has 0 spiro atoms. The molecule has 1 heterocycles. The number of nitrogens with two attached hydrogens (primary N) is 1. The van der Waals surface area contributed by atoms with Gasteiger partial charge in [0.25, 0.3) is 0 Å². The molecule has 1 fully saturated rings. The SMILES string of the molecule is CCOc1ccc(C(N)C2COC(C)C2)cc1OCC. The van der Waals surface area contributed by atoms with Crippen LogP contribution in [0.15, 0.2) is 18.2 Å². The van der Waals surface area contributed by atoms with Crippen LogP contribution in [0, 0.1) is 5.92 Å². The van der Waals surface area contributed by atoms with Crippen molar-refractivity contribution in [3.8, 4) is 11.5 Å². The van der Waals surface area contributed by atoms with Gasteiger partial charge in [-0.3, -0.25) is 0 Å². The lowest BCUT2D eigenvalue weighted by molar-refractivity contribution is 0.118. The molecule has 112 valence electrons. The molecule has 1 aliphatic rings. The first-order chi connectivity index (χ1) is 9.65. The third-order valence-corrected chi connectivity index (χ3v) is 3.69. The molecule has 0 saturated carbocycles. The lowest BCUT2D eigenvalue weighted by Gasteiger charge is -2.20. The van der Waals surface area contributed by atoms with Crippen molar-refractivity contribution >= 4 is 0 Å². The first kappa shape index (κ1) is 15.1. The van der Waals surface area contributed by atoms with Gasteiger partial charge in [-0.15, -0.1) is 0 Å². The topological polar surface area (TPSA) is 53.7 Å². The monoisotopic (exact) mass is 279 g/mol. The number of ether oxygens (including phenoxy) is 3. The maximum atomic E-state index is 6.38. The molecule has 0 aromatic heterocycles. The van der Waals surface area contributed by atoms with Gasteiger partial charge in [0.05, 0.1) is 25.9 Å². The fraction of sp³-hybridized carbons (Fsp3) is 0.625. The summed E-state index contributed by atoms with van der Waals surface area (Å²) in [5.41, 5.74) is 7.46. The molecule has 2 N–H and O–H groups in total. The second kappa shape index (κ2) is 6.95. The fourth-order valence-electron chi connectivity index (χ4n) is 2.65. The van der Waals surface area contributed by atoms with E-state index < -0.39 is 0 Å².